The van der Waals surface area contributed by atoms with Crippen LogP contribution in [0.15, 0.2) is 24.5 Å². The molecule has 0 unspecified atom stereocenters. The third-order valence-corrected chi connectivity index (χ3v) is 6.81. The number of rotatable bonds is 3. The fourth-order valence-corrected chi connectivity index (χ4v) is 5.49. The maximum absolute atomic E-state index is 5.13. The molecule has 1 aliphatic heterocycles. The minimum atomic E-state index is 0.406. The standard InChI is InChI=1S/C21H25N5S/c1-12(2)16-17(15-11-26(3)19-14(15)5-4-8-23-19)24-21-18(16)25-20(27-21)13-6-9-22-10-7-13/h4-5,8,11-13,22,24H,6-7,9-10H2,1-3H3. The number of aryl methyl sites for hydroxylation is 1. The van der Waals surface area contributed by atoms with Crippen LogP contribution in [0, 0.1) is 0 Å². The van der Waals surface area contributed by atoms with Crippen LogP contribution in [-0.4, -0.2) is 32.6 Å². The van der Waals surface area contributed by atoms with E-state index < -0.39 is 0 Å². The summed E-state index contributed by atoms with van der Waals surface area (Å²) in [6.07, 6.45) is 6.42. The summed E-state index contributed by atoms with van der Waals surface area (Å²) in [6, 6.07) is 4.17. The summed E-state index contributed by atoms with van der Waals surface area (Å²) in [4.78, 5) is 14.6. The highest BCUT2D eigenvalue weighted by Gasteiger charge is 2.25. The van der Waals surface area contributed by atoms with E-state index in [4.69, 9.17) is 4.98 Å². The Kier molecular flexibility index (Phi) is 4.06. The van der Waals surface area contributed by atoms with Gasteiger partial charge in [-0.25, -0.2) is 9.97 Å². The van der Waals surface area contributed by atoms with Gasteiger partial charge in [0.25, 0.3) is 0 Å². The van der Waals surface area contributed by atoms with Crippen LogP contribution in [0.3, 0.4) is 0 Å². The summed E-state index contributed by atoms with van der Waals surface area (Å²) in [5.41, 5.74) is 5.94. The summed E-state index contributed by atoms with van der Waals surface area (Å²) in [7, 11) is 2.06. The van der Waals surface area contributed by atoms with Crippen molar-refractivity contribution < 1.29 is 0 Å². The molecule has 5 heterocycles. The van der Waals surface area contributed by atoms with Crippen LogP contribution in [-0.2, 0) is 7.05 Å². The monoisotopic (exact) mass is 379 g/mol. The zero-order chi connectivity index (χ0) is 18.5. The van der Waals surface area contributed by atoms with Crippen molar-refractivity contribution >= 4 is 32.7 Å². The lowest BCUT2D eigenvalue weighted by molar-refractivity contribution is 0.459. The zero-order valence-electron chi connectivity index (χ0n) is 16.0. The van der Waals surface area contributed by atoms with Crippen molar-refractivity contribution in [2.24, 2.45) is 7.05 Å². The van der Waals surface area contributed by atoms with Gasteiger partial charge in [-0.05, 0) is 44.0 Å². The molecule has 140 valence electrons. The van der Waals surface area contributed by atoms with Gasteiger partial charge in [-0.2, -0.15) is 0 Å². The van der Waals surface area contributed by atoms with Gasteiger partial charge in [0.05, 0.1) is 10.7 Å². The molecule has 1 saturated heterocycles. The smallest absolute Gasteiger partial charge is 0.140 e. The largest absolute Gasteiger partial charge is 0.345 e. The molecule has 0 bridgehead atoms. The number of nitrogens with zero attached hydrogens (tertiary/aromatic N) is 3. The van der Waals surface area contributed by atoms with Gasteiger partial charge in [0.1, 0.15) is 16.0 Å². The highest BCUT2D eigenvalue weighted by molar-refractivity contribution is 7.18. The minimum absolute atomic E-state index is 0.406. The van der Waals surface area contributed by atoms with E-state index in [0.29, 0.717) is 11.8 Å². The third kappa shape index (κ3) is 2.70. The molecule has 0 aromatic carbocycles. The Morgan fingerprint density at radius 2 is 2.07 bits per heavy atom. The first kappa shape index (κ1) is 17.0. The summed E-state index contributed by atoms with van der Waals surface area (Å²) in [5, 5.41) is 5.94. The summed E-state index contributed by atoms with van der Waals surface area (Å²) < 4.78 is 2.11. The van der Waals surface area contributed by atoms with Crippen molar-refractivity contribution in [3.8, 4) is 11.3 Å². The summed E-state index contributed by atoms with van der Waals surface area (Å²) in [6.45, 7) is 6.73. The predicted octanol–water partition coefficient (Wildman–Crippen LogP) is 4.77. The Morgan fingerprint density at radius 3 is 2.85 bits per heavy atom. The van der Waals surface area contributed by atoms with E-state index in [9.17, 15) is 0 Å². The van der Waals surface area contributed by atoms with E-state index in [1.165, 1.54) is 50.4 Å². The maximum Gasteiger partial charge on any atom is 0.140 e. The topological polar surface area (TPSA) is 58.5 Å². The first-order chi connectivity index (χ1) is 13.1. The number of aromatic nitrogens is 4. The molecule has 0 aliphatic carbocycles. The zero-order valence-corrected chi connectivity index (χ0v) is 16.9. The number of nitrogens with one attached hydrogen (secondary N) is 2. The number of H-pyrrole nitrogens is 1. The van der Waals surface area contributed by atoms with Crippen molar-refractivity contribution in [3.05, 3.63) is 35.1 Å². The van der Waals surface area contributed by atoms with Crippen LogP contribution in [0.4, 0.5) is 0 Å². The fourth-order valence-electron chi connectivity index (χ4n) is 4.33. The average Bonchev–Trinajstić information content (AvgIpc) is 3.33. The number of thiazole rings is 1. The van der Waals surface area contributed by atoms with Gasteiger partial charge in [0.15, 0.2) is 0 Å². The van der Waals surface area contributed by atoms with E-state index >= 15 is 0 Å². The molecule has 5 nitrogen and oxygen atoms in total. The summed E-state index contributed by atoms with van der Waals surface area (Å²) >= 11 is 1.85. The number of pyridine rings is 1. The number of hydrogen-bond donors (Lipinski definition) is 2. The van der Waals surface area contributed by atoms with Gasteiger partial charge >= 0.3 is 0 Å². The van der Waals surface area contributed by atoms with Crippen LogP contribution >= 0.6 is 11.3 Å². The lowest BCUT2D eigenvalue weighted by Crippen LogP contribution is -2.26. The Balaban J connectivity index is 1.68. The maximum atomic E-state index is 5.13. The third-order valence-electron chi connectivity index (χ3n) is 5.68. The van der Waals surface area contributed by atoms with Crippen LogP contribution in [0.25, 0.3) is 32.6 Å². The number of piperidine rings is 1. The molecule has 5 rings (SSSR count). The quantitative estimate of drug-likeness (QED) is 0.539. The van der Waals surface area contributed by atoms with Gasteiger partial charge in [0.2, 0.25) is 0 Å². The van der Waals surface area contributed by atoms with E-state index in [1.54, 1.807) is 0 Å². The predicted molar refractivity (Wildman–Crippen MR) is 113 cm³/mol. The molecule has 4 aromatic rings. The van der Waals surface area contributed by atoms with Gasteiger partial charge in [-0.15, -0.1) is 11.3 Å². The lowest BCUT2D eigenvalue weighted by atomic mass is 9.98. The molecule has 27 heavy (non-hydrogen) atoms. The molecule has 2 N–H and O–H groups in total. The second kappa shape index (κ2) is 6.46. The molecule has 0 amide bonds. The van der Waals surface area contributed by atoms with Crippen molar-refractivity contribution in [1.29, 1.82) is 0 Å². The van der Waals surface area contributed by atoms with E-state index in [1.807, 2.05) is 23.6 Å². The Hall–Kier alpha value is -2.18. The Bertz CT molecular complexity index is 1110. The van der Waals surface area contributed by atoms with Crippen LogP contribution < -0.4 is 5.32 Å². The number of hydrogen-bond acceptors (Lipinski definition) is 4. The van der Waals surface area contributed by atoms with Crippen LogP contribution in [0.1, 0.15) is 49.1 Å². The first-order valence-electron chi connectivity index (χ1n) is 9.77. The normalized spacial score (nSPS) is 16.1. The molecule has 0 atom stereocenters. The second-order valence-electron chi connectivity index (χ2n) is 7.85. The van der Waals surface area contributed by atoms with Gasteiger partial charge in [0, 0.05) is 41.9 Å². The van der Waals surface area contributed by atoms with Gasteiger partial charge in [-0.1, -0.05) is 13.8 Å². The summed E-state index contributed by atoms with van der Waals surface area (Å²) in [5.74, 6) is 1.01. The number of fused-ring (bicyclic) bond motifs is 2. The van der Waals surface area contributed by atoms with Crippen LogP contribution in [0.2, 0.25) is 0 Å². The van der Waals surface area contributed by atoms with Crippen molar-refractivity contribution in [2.75, 3.05) is 13.1 Å². The fraction of sp³-hybridized carbons (Fsp3) is 0.429. The molecular formula is C21H25N5S. The Labute approximate surface area is 162 Å². The highest BCUT2D eigenvalue weighted by atomic mass is 32.1. The molecule has 0 spiro atoms. The average molecular weight is 380 g/mol. The first-order valence-corrected chi connectivity index (χ1v) is 10.6. The second-order valence-corrected chi connectivity index (χ2v) is 8.88. The SMILES string of the molecule is CC(C)c1c(-c2cn(C)c3ncccc23)[nH]c2sc(C3CCNCC3)nc12. The lowest BCUT2D eigenvalue weighted by Gasteiger charge is -2.20. The number of aromatic amines is 1. The van der Waals surface area contributed by atoms with Gasteiger partial charge in [-0.3, -0.25) is 0 Å². The minimum Gasteiger partial charge on any atom is -0.345 e. The molecular weight excluding hydrogens is 354 g/mol. The highest BCUT2D eigenvalue weighted by Crippen LogP contribution is 2.42. The van der Waals surface area contributed by atoms with Gasteiger partial charge < -0.3 is 14.9 Å². The molecule has 1 fully saturated rings. The van der Waals surface area contributed by atoms with E-state index in [-0.39, 0.29) is 0 Å². The van der Waals surface area contributed by atoms with Crippen molar-refractivity contribution in [3.63, 3.8) is 0 Å². The Morgan fingerprint density at radius 1 is 1.26 bits per heavy atom. The van der Waals surface area contributed by atoms with E-state index in [2.05, 4.69) is 53.0 Å². The molecule has 1 aliphatic rings. The van der Waals surface area contributed by atoms with Crippen LogP contribution in [0.5, 0.6) is 0 Å². The molecule has 0 saturated carbocycles. The van der Waals surface area contributed by atoms with Crippen molar-refractivity contribution in [2.45, 2.75) is 38.5 Å². The molecule has 4 aromatic heterocycles. The van der Waals surface area contributed by atoms with Crippen molar-refractivity contribution in [1.82, 2.24) is 24.8 Å². The molecule has 6 heteroatoms. The van der Waals surface area contributed by atoms with E-state index in [0.717, 1.165) is 18.7 Å². The molecule has 0 radical (unpaired) electrons.